The van der Waals surface area contributed by atoms with E-state index in [2.05, 4.69) is 25.5 Å². The van der Waals surface area contributed by atoms with Crippen LogP contribution in [-0.4, -0.2) is 15.6 Å². The number of hydrogen-bond acceptors (Lipinski definition) is 2. The molecule has 17 heavy (non-hydrogen) atoms. The number of carbonyl (C=O) groups is 1. The maximum atomic E-state index is 11.3. The van der Waals surface area contributed by atoms with Crippen LogP contribution in [0.1, 0.15) is 32.4 Å². The van der Waals surface area contributed by atoms with E-state index in [9.17, 15) is 4.79 Å². The lowest BCUT2D eigenvalue weighted by molar-refractivity contribution is -0.111. The fourth-order valence-electron chi connectivity index (χ4n) is 1.70. The summed E-state index contributed by atoms with van der Waals surface area (Å²) in [5.41, 5.74) is 2.36. The number of nitrogens with zero attached hydrogens (tertiary/aromatic N) is 2. The van der Waals surface area contributed by atoms with Gasteiger partial charge in [-0.05, 0) is 38.5 Å². The molecule has 88 valence electrons. The molecule has 0 bridgehead atoms. The first-order valence-corrected chi connectivity index (χ1v) is 5.68. The summed E-state index contributed by atoms with van der Waals surface area (Å²) >= 11 is 0. The van der Waals surface area contributed by atoms with Crippen molar-refractivity contribution in [3.8, 4) is 0 Å². The molecule has 1 aromatic carbocycles. The van der Waals surface area contributed by atoms with Crippen LogP contribution in [-0.2, 0) is 4.79 Å². The fraction of sp³-hybridized carbons (Fsp3) is 0.286. The Morgan fingerprint density at radius 3 is 2.71 bits per heavy atom. The molecule has 0 atom stereocenters. The van der Waals surface area contributed by atoms with E-state index in [1.165, 1.54) is 6.92 Å². The van der Waals surface area contributed by atoms with E-state index in [0.717, 1.165) is 16.5 Å². The maximum Gasteiger partial charge on any atom is 0.159 e. The molecule has 0 unspecified atom stereocenters. The molecule has 0 saturated carbocycles. The Bertz CT molecular complexity index is 593. The number of carbonyl (C=O) groups excluding carboxylic acids is 1. The number of aromatic nitrogens is 2. The standard InChI is InChI=1S/C14H16N2O/c1-9(2)16-8-13-7-12(10(3)11(4)17)5-6-14(13)15-16/h5-9H,3H2,1-2,4H3. The first-order chi connectivity index (χ1) is 7.99. The average Bonchev–Trinajstić information content (AvgIpc) is 2.70. The first-order valence-electron chi connectivity index (χ1n) is 5.68. The summed E-state index contributed by atoms with van der Waals surface area (Å²) in [6.45, 7) is 9.50. The average molecular weight is 228 g/mol. The number of ketones is 1. The second-order valence-electron chi connectivity index (χ2n) is 4.51. The van der Waals surface area contributed by atoms with Gasteiger partial charge in [0, 0.05) is 23.2 Å². The van der Waals surface area contributed by atoms with Crippen LogP contribution in [0.4, 0.5) is 0 Å². The Kier molecular flexibility index (Phi) is 2.84. The summed E-state index contributed by atoms with van der Waals surface area (Å²) in [6, 6.07) is 6.12. The minimum atomic E-state index is 0.000557. The van der Waals surface area contributed by atoms with Gasteiger partial charge in [-0.2, -0.15) is 5.10 Å². The summed E-state index contributed by atoms with van der Waals surface area (Å²) in [7, 11) is 0. The van der Waals surface area contributed by atoms with Crippen LogP contribution < -0.4 is 0 Å². The molecule has 0 spiro atoms. The van der Waals surface area contributed by atoms with E-state index >= 15 is 0 Å². The molecule has 0 fully saturated rings. The van der Waals surface area contributed by atoms with Gasteiger partial charge in [0.2, 0.25) is 0 Å². The Hall–Kier alpha value is -1.90. The number of fused-ring (bicyclic) bond motifs is 1. The highest BCUT2D eigenvalue weighted by Gasteiger charge is 2.08. The Balaban J connectivity index is 2.50. The molecule has 0 aliphatic heterocycles. The van der Waals surface area contributed by atoms with Gasteiger partial charge in [0.15, 0.2) is 5.78 Å². The highest BCUT2D eigenvalue weighted by atomic mass is 16.1. The van der Waals surface area contributed by atoms with Crippen molar-refractivity contribution in [3.63, 3.8) is 0 Å². The lowest BCUT2D eigenvalue weighted by Crippen LogP contribution is -1.99. The molecule has 3 heteroatoms. The summed E-state index contributed by atoms with van der Waals surface area (Å²) in [6.07, 6.45) is 2.00. The van der Waals surface area contributed by atoms with Gasteiger partial charge in [-0.3, -0.25) is 9.48 Å². The SMILES string of the molecule is C=C(C(C)=O)c1ccc2nn(C(C)C)cc2c1. The normalized spacial score (nSPS) is 11.1. The monoisotopic (exact) mass is 228 g/mol. The van der Waals surface area contributed by atoms with Crippen LogP contribution in [0.15, 0.2) is 31.0 Å². The lowest BCUT2D eigenvalue weighted by atomic mass is 10.0. The summed E-state index contributed by atoms with van der Waals surface area (Å²) in [5, 5.41) is 5.50. The predicted octanol–water partition coefficient (Wildman–Crippen LogP) is 3.22. The predicted molar refractivity (Wildman–Crippen MR) is 69.8 cm³/mol. The molecule has 0 aliphatic rings. The molecule has 0 aliphatic carbocycles. The van der Waals surface area contributed by atoms with Gasteiger partial charge >= 0.3 is 0 Å². The van der Waals surface area contributed by atoms with E-state index in [1.54, 1.807) is 0 Å². The molecule has 0 amide bonds. The van der Waals surface area contributed by atoms with Crippen LogP contribution >= 0.6 is 0 Å². The van der Waals surface area contributed by atoms with E-state index in [1.807, 2.05) is 29.1 Å². The van der Waals surface area contributed by atoms with E-state index < -0.39 is 0 Å². The number of allylic oxidation sites excluding steroid dienone is 1. The first kappa shape index (κ1) is 11.6. The van der Waals surface area contributed by atoms with Crippen molar-refractivity contribution in [1.29, 1.82) is 0 Å². The van der Waals surface area contributed by atoms with Crippen molar-refractivity contribution in [2.75, 3.05) is 0 Å². The van der Waals surface area contributed by atoms with Crippen LogP contribution in [0.2, 0.25) is 0 Å². The van der Waals surface area contributed by atoms with Gasteiger partial charge < -0.3 is 0 Å². The number of rotatable bonds is 3. The summed E-state index contributed by atoms with van der Waals surface area (Å²) in [4.78, 5) is 11.3. The third-order valence-electron chi connectivity index (χ3n) is 2.82. The molecule has 0 N–H and O–H groups in total. The number of benzene rings is 1. The molecule has 2 aromatic rings. The van der Waals surface area contributed by atoms with E-state index in [-0.39, 0.29) is 5.78 Å². The highest BCUT2D eigenvalue weighted by Crippen LogP contribution is 2.21. The topological polar surface area (TPSA) is 34.9 Å². The lowest BCUT2D eigenvalue weighted by Gasteiger charge is -2.02. The largest absolute Gasteiger partial charge is 0.295 e. The van der Waals surface area contributed by atoms with E-state index in [4.69, 9.17) is 0 Å². The third-order valence-corrected chi connectivity index (χ3v) is 2.82. The van der Waals surface area contributed by atoms with Gasteiger partial charge in [-0.25, -0.2) is 0 Å². The molecule has 1 aromatic heterocycles. The smallest absolute Gasteiger partial charge is 0.159 e. The second kappa shape index (κ2) is 4.17. The molecular formula is C14H16N2O. The quantitative estimate of drug-likeness (QED) is 0.756. The van der Waals surface area contributed by atoms with Crippen molar-refractivity contribution in [1.82, 2.24) is 9.78 Å². The van der Waals surface area contributed by atoms with Crippen LogP contribution in [0.3, 0.4) is 0 Å². The summed E-state index contributed by atoms with van der Waals surface area (Å²) in [5.74, 6) is 0.000557. The zero-order valence-corrected chi connectivity index (χ0v) is 10.4. The van der Waals surface area contributed by atoms with Crippen molar-refractivity contribution in [2.45, 2.75) is 26.8 Å². The van der Waals surface area contributed by atoms with Crippen molar-refractivity contribution in [2.24, 2.45) is 0 Å². The van der Waals surface area contributed by atoms with Crippen LogP contribution in [0.25, 0.3) is 16.5 Å². The van der Waals surface area contributed by atoms with Gasteiger partial charge in [0.05, 0.1) is 5.52 Å². The van der Waals surface area contributed by atoms with Gasteiger partial charge in [-0.1, -0.05) is 12.6 Å². The zero-order valence-electron chi connectivity index (χ0n) is 10.4. The molecule has 2 rings (SSSR count). The molecule has 0 radical (unpaired) electrons. The van der Waals surface area contributed by atoms with Crippen molar-refractivity contribution < 1.29 is 4.79 Å². The summed E-state index contributed by atoms with van der Waals surface area (Å²) < 4.78 is 1.92. The van der Waals surface area contributed by atoms with Crippen molar-refractivity contribution in [3.05, 3.63) is 36.5 Å². The minimum absolute atomic E-state index is 0.000557. The third kappa shape index (κ3) is 2.13. The van der Waals surface area contributed by atoms with Gasteiger partial charge in [0.1, 0.15) is 0 Å². The molecule has 0 saturated heterocycles. The Labute approximate surface area is 101 Å². The molecule has 3 nitrogen and oxygen atoms in total. The van der Waals surface area contributed by atoms with E-state index in [0.29, 0.717) is 11.6 Å². The number of hydrogen-bond donors (Lipinski definition) is 0. The Morgan fingerprint density at radius 1 is 1.41 bits per heavy atom. The highest BCUT2D eigenvalue weighted by molar-refractivity contribution is 6.19. The maximum absolute atomic E-state index is 11.3. The van der Waals surface area contributed by atoms with Crippen LogP contribution in [0.5, 0.6) is 0 Å². The van der Waals surface area contributed by atoms with Crippen molar-refractivity contribution >= 4 is 22.3 Å². The van der Waals surface area contributed by atoms with Gasteiger partial charge in [-0.15, -0.1) is 0 Å². The zero-order chi connectivity index (χ0) is 12.6. The molecule has 1 heterocycles. The Morgan fingerprint density at radius 2 is 2.12 bits per heavy atom. The fourth-order valence-corrected chi connectivity index (χ4v) is 1.70. The molecular weight excluding hydrogens is 212 g/mol. The minimum Gasteiger partial charge on any atom is -0.295 e. The van der Waals surface area contributed by atoms with Gasteiger partial charge in [0.25, 0.3) is 0 Å². The number of Topliss-reactive ketones (excluding diaryl/α,β-unsaturated/α-hetero) is 1. The van der Waals surface area contributed by atoms with Crippen LogP contribution in [0, 0.1) is 0 Å². The second-order valence-corrected chi connectivity index (χ2v) is 4.51.